The van der Waals surface area contributed by atoms with Crippen LogP contribution in [0.2, 0.25) is 5.02 Å². The molecule has 0 radical (unpaired) electrons. The van der Waals surface area contributed by atoms with Gasteiger partial charge in [0.25, 0.3) is 0 Å². The van der Waals surface area contributed by atoms with Gasteiger partial charge in [-0.1, -0.05) is 54.1 Å². The Morgan fingerprint density at radius 1 is 1.13 bits per heavy atom. The first kappa shape index (κ1) is 15.9. The molecular formula is C19H21ClN2O. The van der Waals surface area contributed by atoms with Crippen LogP contribution in [0, 0.1) is 0 Å². The molecule has 2 amide bonds. The summed E-state index contributed by atoms with van der Waals surface area (Å²) in [4.78, 5) is 14.4. The molecule has 3 rings (SSSR count). The zero-order chi connectivity index (χ0) is 16.1. The van der Waals surface area contributed by atoms with Crippen LogP contribution in [-0.2, 0) is 6.42 Å². The number of hydrogen-bond acceptors (Lipinski definition) is 1. The van der Waals surface area contributed by atoms with Crippen molar-refractivity contribution in [3.63, 3.8) is 0 Å². The smallest absolute Gasteiger partial charge is 0.317 e. The number of halogens is 1. The van der Waals surface area contributed by atoms with E-state index in [1.54, 1.807) is 0 Å². The minimum Gasteiger partial charge on any atom is -0.338 e. The number of nitrogens with one attached hydrogen (secondary N) is 1. The van der Waals surface area contributed by atoms with Gasteiger partial charge in [0.15, 0.2) is 0 Å². The maximum atomic E-state index is 12.5. The van der Waals surface area contributed by atoms with Gasteiger partial charge in [-0.25, -0.2) is 4.79 Å². The molecule has 0 aliphatic carbocycles. The molecule has 1 atom stereocenters. The third-order valence-electron chi connectivity index (χ3n) is 4.30. The highest BCUT2D eigenvalue weighted by Gasteiger charge is 2.29. The molecule has 1 fully saturated rings. The first-order chi connectivity index (χ1) is 11.2. The van der Waals surface area contributed by atoms with Gasteiger partial charge in [-0.15, -0.1) is 0 Å². The molecule has 1 aliphatic heterocycles. The number of amides is 2. The fourth-order valence-electron chi connectivity index (χ4n) is 3.10. The average molecular weight is 329 g/mol. The highest BCUT2D eigenvalue weighted by atomic mass is 35.5. The van der Waals surface area contributed by atoms with E-state index >= 15 is 0 Å². The quantitative estimate of drug-likeness (QED) is 0.884. The topological polar surface area (TPSA) is 32.3 Å². The summed E-state index contributed by atoms with van der Waals surface area (Å²) in [5.41, 5.74) is 2.40. The Morgan fingerprint density at radius 3 is 2.61 bits per heavy atom. The molecule has 0 unspecified atom stereocenters. The van der Waals surface area contributed by atoms with Crippen LogP contribution in [0.25, 0.3) is 0 Å². The molecule has 0 saturated carbocycles. The lowest BCUT2D eigenvalue weighted by Gasteiger charge is -2.25. The summed E-state index contributed by atoms with van der Waals surface area (Å²) < 4.78 is 0. The number of benzene rings is 2. The summed E-state index contributed by atoms with van der Waals surface area (Å²) in [7, 11) is 0. The highest BCUT2D eigenvalue weighted by molar-refractivity contribution is 6.30. The SMILES string of the molecule is O=C(NCCc1ccccc1)N1CCC[C@H]1c1ccc(Cl)cc1. The standard InChI is InChI=1S/C19H21ClN2O/c20-17-10-8-16(9-11-17)18-7-4-14-22(18)19(23)21-13-12-15-5-2-1-3-6-15/h1-3,5-6,8-11,18H,4,7,12-14H2,(H,21,23)/t18-/m0/s1. The van der Waals surface area contributed by atoms with Crippen molar-refractivity contribution in [2.75, 3.05) is 13.1 Å². The van der Waals surface area contributed by atoms with Crippen molar-refractivity contribution >= 4 is 17.6 Å². The van der Waals surface area contributed by atoms with Gasteiger partial charge < -0.3 is 10.2 Å². The van der Waals surface area contributed by atoms with Crippen molar-refractivity contribution in [1.82, 2.24) is 10.2 Å². The minimum atomic E-state index is 0.0263. The van der Waals surface area contributed by atoms with Crippen LogP contribution in [0.15, 0.2) is 54.6 Å². The zero-order valence-corrected chi connectivity index (χ0v) is 13.8. The van der Waals surface area contributed by atoms with Crippen molar-refractivity contribution in [2.45, 2.75) is 25.3 Å². The van der Waals surface area contributed by atoms with Gasteiger partial charge in [-0.05, 0) is 42.5 Å². The molecule has 4 heteroatoms. The molecule has 1 saturated heterocycles. The molecule has 1 aliphatic rings. The van der Waals surface area contributed by atoms with Crippen LogP contribution in [0.5, 0.6) is 0 Å². The average Bonchev–Trinajstić information content (AvgIpc) is 3.06. The summed E-state index contributed by atoms with van der Waals surface area (Å²) in [6.45, 7) is 1.47. The van der Waals surface area contributed by atoms with Gasteiger partial charge >= 0.3 is 6.03 Å². The molecular weight excluding hydrogens is 308 g/mol. The molecule has 2 aromatic carbocycles. The second-order valence-electron chi connectivity index (χ2n) is 5.87. The zero-order valence-electron chi connectivity index (χ0n) is 13.0. The van der Waals surface area contributed by atoms with E-state index in [9.17, 15) is 4.79 Å². The van der Waals surface area contributed by atoms with Gasteiger partial charge in [0.2, 0.25) is 0 Å². The lowest BCUT2D eigenvalue weighted by Crippen LogP contribution is -2.40. The van der Waals surface area contributed by atoms with E-state index in [1.807, 2.05) is 47.4 Å². The van der Waals surface area contributed by atoms with Crippen molar-refractivity contribution < 1.29 is 4.79 Å². The van der Waals surface area contributed by atoms with E-state index in [2.05, 4.69) is 17.4 Å². The van der Waals surface area contributed by atoms with E-state index in [0.717, 1.165) is 36.4 Å². The highest BCUT2D eigenvalue weighted by Crippen LogP contribution is 2.32. The molecule has 1 heterocycles. The molecule has 3 nitrogen and oxygen atoms in total. The Bertz CT molecular complexity index is 642. The first-order valence-corrected chi connectivity index (χ1v) is 8.46. The summed E-state index contributed by atoms with van der Waals surface area (Å²) in [6, 6.07) is 18.2. The Hall–Kier alpha value is -2.00. The molecule has 120 valence electrons. The Kier molecular flexibility index (Phi) is 5.19. The van der Waals surface area contributed by atoms with E-state index in [4.69, 9.17) is 11.6 Å². The van der Waals surface area contributed by atoms with Crippen molar-refractivity contribution in [3.05, 3.63) is 70.7 Å². The Morgan fingerprint density at radius 2 is 1.87 bits per heavy atom. The van der Waals surface area contributed by atoms with E-state index in [0.29, 0.717) is 6.54 Å². The monoisotopic (exact) mass is 328 g/mol. The van der Waals surface area contributed by atoms with Gasteiger partial charge in [0, 0.05) is 18.1 Å². The second kappa shape index (κ2) is 7.51. The first-order valence-electron chi connectivity index (χ1n) is 8.08. The van der Waals surface area contributed by atoms with Crippen LogP contribution in [0.4, 0.5) is 4.79 Å². The normalized spacial score (nSPS) is 17.3. The maximum absolute atomic E-state index is 12.5. The largest absolute Gasteiger partial charge is 0.338 e. The maximum Gasteiger partial charge on any atom is 0.317 e. The van der Waals surface area contributed by atoms with Crippen molar-refractivity contribution in [2.24, 2.45) is 0 Å². The van der Waals surface area contributed by atoms with Crippen molar-refractivity contribution in [1.29, 1.82) is 0 Å². The number of carbonyl (C=O) groups is 1. The van der Waals surface area contributed by atoms with E-state index in [-0.39, 0.29) is 12.1 Å². The number of likely N-dealkylation sites (tertiary alicyclic amines) is 1. The summed E-state index contributed by atoms with van der Waals surface area (Å²) in [6.07, 6.45) is 2.90. The molecule has 1 N–H and O–H groups in total. The van der Waals surface area contributed by atoms with Gasteiger partial charge in [-0.3, -0.25) is 0 Å². The predicted octanol–water partition coefficient (Wildman–Crippen LogP) is 4.43. The summed E-state index contributed by atoms with van der Waals surface area (Å²) in [5.74, 6) is 0. The Labute approximate surface area is 142 Å². The second-order valence-corrected chi connectivity index (χ2v) is 6.31. The van der Waals surface area contributed by atoms with Crippen LogP contribution in [0.1, 0.15) is 30.0 Å². The number of carbonyl (C=O) groups excluding carboxylic acids is 1. The van der Waals surface area contributed by atoms with Gasteiger partial charge in [0.05, 0.1) is 6.04 Å². The fraction of sp³-hybridized carbons (Fsp3) is 0.316. The van der Waals surface area contributed by atoms with Crippen LogP contribution in [-0.4, -0.2) is 24.0 Å². The third kappa shape index (κ3) is 4.05. The Balaban J connectivity index is 1.56. The lowest BCUT2D eigenvalue weighted by molar-refractivity contribution is 0.193. The number of urea groups is 1. The van der Waals surface area contributed by atoms with Crippen LogP contribution >= 0.6 is 11.6 Å². The lowest BCUT2D eigenvalue weighted by atomic mass is 10.1. The third-order valence-corrected chi connectivity index (χ3v) is 4.55. The molecule has 0 aromatic heterocycles. The minimum absolute atomic E-state index is 0.0263. The summed E-state index contributed by atoms with van der Waals surface area (Å²) >= 11 is 5.95. The number of rotatable bonds is 4. The van der Waals surface area contributed by atoms with Crippen LogP contribution < -0.4 is 5.32 Å². The van der Waals surface area contributed by atoms with Crippen molar-refractivity contribution in [3.8, 4) is 0 Å². The van der Waals surface area contributed by atoms with Gasteiger partial charge in [-0.2, -0.15) is 0 Å². The van der Waals surface area contributed by atoms with Crippen LogP contribution in [0.3, 0.4) is 0 Å². The number of hydrogen-bond donors (Lipinski definition) is 1. The summed E-state index contributed by atoms with van der Waals surface area (Å²) in [5, 5.41) is 3.77. The fourth-order valence-corrected chi connectivity index (χ4v) is 3.23. The molecule has 0 spiro atoms. The molecule has 0 bridgehead atoms. The van der Waals surface area contributed by atoms with E-state index in [1.165, 1.54) is 5.56 Å². The predicted molar refractivity (Wildman–Crippen MR) is 93.7 cm³/mol. The number of nitrogens with zero attached hydrogens (tertiary/aromatic N) is 1. The van der Waals surface area contributed by atoms with Gasteiger partial charge in [0.1, 0.15) is 0 Å². The molecule has 2 aromatic rings. The molecule has 23 heavy (non-hydrogen) atoms. The van der Waals surface area contributed by atoms with E-state index < -0.39 is 0 Å².